The van der Waals surface area contributed by atoms with Gasteiger partial charge < -0.3 is 5.32 Å². The molecule has 0 amide bonds. The maximum Gasteiger partial charge on any atom is 0.162 e. The van der Waals surface area contributed by atoms with Crippen LogP contribution in [-0.4, -0.2) is 17.3 Å². The summed E-state index contributed by atoms with van der Waals surface area (Å²) in [6.45, 7) is 2.53. The SMILES string of the molecule is CC(=O)c1cc([C@H]2CCN2)cnc1Cl. The number of aromatic nitrogens is 1. The smallest absolute Gasteiger partial charge is 0.162 e. The van der Waals surface area contributed by atoms with Gasteiger partial charge in [-0.25, -0.2) is 4.98 Å². The zero-order valence-electron chi connectivity index (χ0n) is 7.88. The molecule has 4 heteroatoms. The van der Waals surface area contributed by atoms with Crippen molar-refractivity contribution >= 4 is 17.4 Å². The second-order valence-electron chi connectivity index (χ2n) is 3.46. The normalized spacial score (nSPS) is 20.3. The number of halogens is 1. The van der Waals surface area contributed by atoms with E-state index in [1.54, 1.807) is 6.20 Å². The van der Waals surface area contributed by atoms with E-state index in [1.165, 1.54) is 6.92 Å². The molecule has 0 aromatic carbocycles. The Morgan fingerprint density at radius 3 is 2.93 bits per heavy atom. The molecule has 1 aliphatic heterocycles. The number of carbonyl (C=O) groups is 1. The molecule has 1 aliphatic rings. The average Bonchev–Trinajstić information content (AvgIpc) is 2.04. The number of hydrogen-bond acceptors (Lipinski definition) is 3. The van der Waals surface area contributed by atoms with Crippen LogP contribution in [0.15, 0.2) is 12.3 Å². The van der Waals surface area contributed by atoms with Crippen LogP contribution in [0.1, 0.15) is 35.3 Å². The van der Waals surface area contributed by atoms with Gasteiger partial charge in [0.15, 0.2) is 5.78 Å². The number of nitrogens with one attached hydrogen (secondary N) is 1. The van der Waals surface area contributed by atoms with Gasteiger partial charge in [-0.1, -0.05) is 11.6 Å². The molecule has 3 nitrogen and oxygen atoms in total. The number of ketones is 1. The monoisotopic (exact) mass is 210 g/mol. The summed E-state index contributed by atoms with van der Waals surface area (Å²) in [5, 5.41) is 3.55. The first-order valence-electron chi connectivity index (χ1n) is 4.58. The van der Waals surface area contributed by atoms with E-state index >= 15 is 0 Å². The van der Waals surface area contributed by atoms with Gasteiger partial charge in [-0.3, -0.25) is 4.79 Å². The number of rotatable bonds is 2. The molecule has 1 fully saturated rings. The van der Waals surface area contributed by atoms with Crippen LogP contribution in [0.4, 0.5) is 0 Å². The van der Waals surface area contributed by atoms with Crippen molar-refractivity contribution < 1.29 is 4.79 Å². The van der Waals surface area contributed by atoms with Crippen molar-refractivity contribution in [2.24, 2.45) is 0 Å². The van der Waals surface area contributed by atoms with Crippen LogP contribution in [0.5, 0.6) is 0 Å². The van der Waals surface area contributed by atoms with E-state index in [0.29, 0.717) is 16.8 Å². The van der Waals surface area contributed by atoms with Gasteiger partial charge in [0.05, 0.1) is 5.56 Å². The van der Waals surface area contributed by atoms with Crippen molar-refractivity contribution in [3.8, 4) is 0 Å². The topological polar surface area (TPSA) is 42.0 Å². The third-order valence-corrected chi connectivity index (χ3v) is 2.77. The maximum atomic E-state index is 11.2. The lowest BCUT2D eigenvalue weighted by atomic mass is 9.98. The Morgan fingerprint density at radius 1 is 1.71 bits per heavy atom. The maximum absolute atomic E-state index is 11.2. The molecule has 1 aromatic rings. The van der Waals surface area contributed by atoms with Crippen LogP contribution in [-0.2, 0) is 0 Å². The average molecular weight is 211 g/mol. The van der Waals surface area contributed by atoms with E-state index < -0.39 is 0 Å². The third kappa shape index (κ3) is 1.65. The molecule has 1 atom stereocenters. The van der Waals surface area contributed by atoms with Gasteiger partial charge in [0, 0.05) is 12.2 Å². The van der Waals surface area contributed by atoms with Gasteiger partial charge in [-0.2, -0.15) is 0 Å². The van der Waals surface area contributed by atoms with Crippen molar-refractivity contribution in [1.29, 1.82) is 0 Å². The lowest BCUT2D eigenvalue weighted by Gasteiger charge is -2.27. The number of Topliss-reactive ketones (excluding diaryl/α,β-unsaturated/α-hetero) is 1. The highest BCUT2D eigenvalue weighted by Crippen LogP contribution is 2.25. The molecule has 74 valence electrons. The number of carbonyl (C=O) groups excluding carboxylic acids is 1. The summed E-state index contributed by atoms with van der Waals surface area (Å²) in [7, 11) is 0. The Hall–Kier alpha value is -0.930. The number of pyridine rings is 1. The molecule has 0 spiro atoms. The zero-order valence-corrected chi connectivity index (χ0v) is 8.64. The van der Waals surface area contributed by atoms with Crippen LogP contribution in [0, 0.1) is 0 Å². The summed E-state index contributed by atoms with van der Waals surface area (Å²) in [6.07, 6.45) is 2.83. The Bertz CT molecular complexity index is 374. The molecule has 1 N–H and O–H groups in total. The molecular formula is C10H11ClN2O. The molecule has 0 unspecified atom stereocenters. The highest BCUT2D eigenvalue weighted by molar-refractivity contribution is 6.32. The molecule has 1 aromatic heterocycles. The minimum absolute atomic E-state index is 0.0383. The molecule has 14 heavy (non-hydrogen) atoms. The van der Waals surface area contributed by atoms with Crippen molar-refractivity contribution in [3.05, 3.63) is 28.5 Å². The summed E-state index contributed by atoms with van der Waals surface area (Å²) >= 11 is 5.80. The first kappa shape index (κ1) is 9.62. The number of nitrogens with zero attached hydrogens (tertiary/aromatic N) is 1. The predicted octanol–water partition coefficient (Wildman–Crippen LogP) is 1.97. The van der Waals surface area contributed by atoms with Crippen LogP contribution in [0.25, 0.3) is 0 Å². The second kappa shape index (κ2) is 3.67. The Kier molecular flexibility index (Phi) is 2.52. The van der Waals surface area contributed by atoms with Crippen LogP contribution >= 0.6 is 11.6 Å². The fourth-order valence-electron chi connectivity index (χ4n) is 1.47. The molecule has 0 bridgehead atoms. The molecule has 2 rings (SSSR count). The summed E-state index contributed by atoms with van der Waals surface area (Å²) in [4.78, 5) is 15.2. The van der Waals surface area contributed by atoms with Gasteiger partial charge in [0.25, 0.3) is 0 Å². The van der Waals surface area contributed by atoms with Gasteiger partial charge in [-0.15, -0.1) is 0 Å². The number of hydrogen-bond donors (Lipinski definition) is 1. The summed E-state index contributed by atoms with van der Waals surface area (Å²) in [5.41, 5.74) is 1.56. The van der Waals surface area contributed by atoms with Gasteiger partial charge in [0.1, 0.15) is 5.15 Å². The molecule has 0 saturated carbocycles. The molecule has 1 saturated heterocycles. The van der Waals surface area contributed by atoms with Gasteiger partial charge in [0.2, 0.25) is 0 Å². The third-order valence-electron chi connectivity index (χ3n) is 2.47. The van der Waals surface area contributed by atoms with E-state index in [1.807, 2.05) is 6.07 Å². The van der Waals surface area contributed by atoms with Crippen molar-refractivity contribution in [2.75, 3.05) is 6.54 Å². The van der Waals surface area contributed by atoms with Gasteiger partial charge >= 0.3 is 0 Å². The van der Waals surface area contributed by atoms with E-state index in [4.69, 9.17) is 11.6 Å². The van der Waals surface area contributed by atoms with E-state index in [2.05, 4.69) is 10.3 Å². The highest BCUT2D eigenvalue weighted by atomic mass is 35.5. The summed E-state index contributed by atoms with van der Waals surface area (Å²) in [5.74, 6) is -0.0383. The van der Waals surface area contributed by atoms with Crippen molar-refractivity contribution in [2.45, 2.75) is 19.4 Å². The minimum atomic E-state index is -0.0383. The fourth-order valence-corrected chi connectivity index (χ4v) is 1.71. The van der Waals surface area contributed by atoms with E-state index in [0.717, 1.165) is 18.5 Å². The quantitative estimate of drug-likeness (QED) is 0.600. The Balaban J connectivity index is 2.34. The standard InChI is InChI=1S/C10H11ClN2O/c1-6(14)8-4-7(5-13-10(8)11)9-2-3-12-9/h4-5,9,12H,2-3H2,1H3/t9-/m1/s1. The Labute approximate surface area is 87.5 Å². The molecular weight excluding hydrogens is 200 g/mol. The lowest BCUT2D eigenvalue weighted by molar-refractivity contribution is 0.101. The zero-order chi connectivity index (χ0) is 10.1. The van der Waals surface area contributed by atoms with Crippen LogP contribution < -0.4 is 5.32 Å². The molecule has 2 heterocycles. The fraction of sp³-hybridized carbons (Fsp3) is 0.400. The van der Waals surface area contributed by atoms with E-state index in [9.17, 15) is 4.79 Å². The van der Waals surface area contributed by atoms with Crippen molar-refractivity contribution in [1.82, 2.24) is 10.3 Å². The van der Waals surface area contributed by atoms with E-state index in [-0.39, 0.29) is 5.78 Å². The molecule has 0 aliphatic carbocycles. The Morgan fingerprint density at radius 2 is 2.43 bits per heavy atom. The largest absolute Gasteiger partial charge is 0.310 e. The first-order valence-corrected chi connectivity index (χ1v) is 4.96. The summed E-state index contributed by atoms with van der Waals surface area (Å²) in [6, 6.07) is 2.17. The van der Waals surface area contributed by atoms with Crippen LogP contribution in [0.3, 0.4) is 0 Å². The highest BCUT2D eigenvalue weighted by Gasteiger charge is 2.20. The van der Waals surface area contributed by atoms with Crippen LogP contribution in [0.2, 0.25) is 5.15 Å². The second-order valence-corrected chi connectivity index (χ2v) is 3.82. The lowest BCUT2D eigenvalue weighted by Crippen LogP contribution is -2.35. The molecule has 0 radical (unpaired) electrons. The summed E-state index contributed by atoms with van der Waals surface area (Å²) < 4.78 is 0. The first-order chi connectivity index (χ1) is 6.68. The van der Waals surface area contributed by atoms with Crippen molar-refractivity contribution in [3.63, 3.8) is 0 Å². The predicted molar refractivity (Wildman–Crippen MR) is 54.6 cm³/mol. The minimum Gasteiger partial charge on any atom is -0.310 e. The van der Waals surface area contributed by atoms with Gasteiger partial charge in [-0.05, 0) is 31.5 Å².